The van der Waals surface area contributed by atoms with E-state index in [9.17, 15) is 9.59 Å². The lowest BCUT2D eigenvalue weighted by Gasteiger charge is -2.10. The average molecular weight is 197 g/mol. The first kappa shape index (κ1) is 9.49. The Balaban J connectivity index is 1.77. The van der Waals surface area contributed by atoms with Gasteiger partial charge in [-0.1, -0.05) is 12.8 Å². The highest BCUT2D eigenvalue weighted by Gasteiger charge is 2.48. The summed E-state index contributed by atoms with van der Waals surface area (Å²) in [6.07, 6.45) is 4.98. The fourth-order valence-electron chi connectivity index (χ4n) is 2.14. The van der Waals surface area contributed by atoms with E-state index in [4.69, 9.17) is 5.11 Å². The first-order valence-corrected chi connectivity index (χ1v) is 5.21. The van der Waals surface area contributed by atoms with Crippen LogP contribution in [0.25, 0.3) is 0 Å². The van der Waals surface area contributed by atoms with Crippen molar-refractivity contribution in [3.63, 3.8) is 0 Å². The van der Waals surface area contributed by atoms with Gasteiger partial charge in [0.25, 0.3) is 0 Å². The van der Waals surface area contributed by atoms with Crippen molar-refractivity contribution in [3.8, 4) is 0 Å². The molecule has 78 valence electrons. The molecular formula is C10H15NO3. The summed E-state index contributed by atoms with van der Waals surface area (Å²) < 4.78 is 0. The maximum absolute atomic E-state index is 11.5. The highest BCUT2D eigenvalue weighted by Crippen LogP contribution is 2.39. The maximum atomic E-state index is 11.5. The Labute approximate surface area is 82.7 Å². The van der Waals surface area contributed by atoms with Crippen LogP contribution < -0.4 is 5.32 Å². The minimum atomic E-state index is -0.837. The number of rotatable bonds is 3. The molecule has 2 N–H and O–H groups in total. The monoisotopic (exact) mass is 197 g/mol. The molecule has 0 aromatic heterocycles. The van der Waals surface area contributed by atoms with E-state index in [2.05, 4.69) is 5.32 Å². The zero-order valence-electron chi connectivity index (χ0n) is 8.03. The van der Waals surface area contributed by atoms with Crippen molar-refractivity contribution in [2.24, 2.45) is 11.8 Å². The molecule has 0 bridgehead atoms. The minimum Gasteiger partial charge on any atom is -0.481 e. The summed E-state index contributed by atoms with van der Waals surface area (Å²) in [4.78, 5) is 22.0. The van der Waals surface area contributed by atoms with E-state index in [1.54, 1.807) is 0 Å². The Morgan fingerprint density at radius 2 is 1.79 bits per heavy atom. The predicted molar refractivity (Wildman–Crippen MR) is 49.6 cm³/mol. The number of hydrogen-bond donors (Lipinski definition) is 2. The van der Waals surface area contributed by atoms with Crippen molar-refractivity contribution in [2.45, 2.75) is 38.1 Å². The predicted octanol–water partition coefficient (Wildman–Crippen LogP) is 0.766. The number of nitrogens with one attached hydrogen (secondary N) is 1. The zero-order chi connectivity index (χ0) is 10.1. The van der Waals surface area contributed by atoms with Gasteiger partial charge in [0.05, 0.1) is 11.8 Å². The molecule has 2 saturated carbocycles. The molecule has 4 nitrogen and oxygen atoms in total. The molecule has 1 amide bonds. The van der Waals surface area contributed by atoms with E-state index in [0.29, 0.717) is 12.5 Å². The Kier molecular flexibility index (Phi) is 2.44. The minimum absolute atomic E-state index is 0.0516. The lowest BCUT2D eigenvalue weighted by Crippen LogP contribution is -2.34. The van der Waals surface area contributed by atoms with Crippen LogP contribution >= 0.6 is 0 Å². The van der Waals surface area contributed by atoms with Crippen LogP contribution in [0.2, 0.25) is 0 Å². The van der Waals surface area contributed by atoms with Crippen LogP contribution in [0.1, 0.15) is 32.1 Å². The number of carboxylic acid groups (broad SMARTS) is 1. The number of carboxylic acids is 1. The van der Waals surface area contributed by atoms with Gasteiger partial charge in [-0.3, -0.25) is 9.59 Å². The van der Waals surface area contributed by atoms with Gasteiger partial charge >= 0.3 is 5.97 Å². The van der Waals surface area contributed by atoms with Gasteiger partial charge < -0.3 is 10.4 Å². The van der Waals surface area contributed by atoms with Gasteiger partial charge in [0.2, 0.25) is 5.91 Å². The van der Waals surface area contributed by atoms with Crippen LogP contribution in [0, 0.1) is 11.8 Å². The molecular weight excluding hydrogens is 182 g/mol. The lowest BCUT2D eigenvalue weighted by molar-refractivity contribution is -0.140. The van der Waals surface area contributed by atoms with Gasteiger partial charge in [-0.25, -0.2) is 0 Å². The molecule has 2 unspecified atom stereocenters. The van der Waals surface area contributed by atoms with Crippen molar-refractivity contribution in [2.75, 3.05) is 0 Å². The van der Waals surface area contributed by atoms with Crippen LogP contribution in [-0.2, 0) is 9.59 Å². The fraction of sp³-hybridized carbons (Fsp3) is 0.800. The number of hydrogen-bond acceptors (Lipinski definition) is 2. The Morgan fingerprint density at radius 1 is 1.14 bits per heavy atom. The van der Waals surface area contributed by atoms with E-state index in [0.717, 1.165) is 12.8 Å². The molecule has 0 aromatic rings. The molecule has 0 aliphatic heterocycles. The van der Waals surface area contributed by atoms with Crippen LogP contribution in [0.4, 0.5) is 0 Å². The SMILES string of the molecule is O=C(O)C1CC1C(=O)NC1CCCC1. The standard InChI is InChI=1S/C10H15NO3/c12-9(7-5-8(7)10(13)14)11-6-3-1-2-4-6/h6-8H,1-5H2,(H,11,12)(H,13,14). The third-order valence-corrected chi connectivity index (χ3v) is 3.15. The maximum Gasteiger partial charge on any atom is 0.307 e. The second-order valence-electron chi connectivity index (χ2n) is 4.28. The average Bonchev–Trinajstić information content (AvgIpc) is 2.80. The third kappa shape index (κ3) is 1.89. The van der Waals surface area contributed by atoms with Gasteiger partial charge in [-0.05, 0) is 19.3 Å². The quantitative estimate of drug-likeness (QED) is 0.702. The second kappa shape index (κ2) is 3.59. The van der Waals surface area contributed by atoms with E-state index in [-0.39, 0.29) is 11.8 Å². The van der Waals surface area contributed by atoms with E-state index in [1.165, 1.54) is 12.8 Å². The van der Waals surface area contributed by atoms with E-state index >= 15 is 0 Å². The highest BCUT2D eigenvalue weighted by molar-refractivity contribution is 5.89. The lowest BCUT2D eigenvalue weighted by atomic mass is 10.2. The Hall–Kier alpha value is -1.06. The normalized spacial score (nSPS) is 31.4. The van der Waals surface area contributed by atoms with Gasteiger partial charge in [-0.2, -0.15) is 0 Å². The molecule has 0 saturated heterocycles. The van der Waals surface area contributed by atoms with Crippen LogP contribution in [0.5, 0.6) is 0 Å². The van der Waals surface area contributed by atoms with Gasteiger partial charge in [0.15, 0.2) is 0 Å². The molecule has 0 heterocycles. The van der Waals surface area contributed by atoms with Crippen LogP contribution in [0.15, 0.2) is 0 Å². The number of carbonyl (C=O) groups excluding carboxylic acids is 1. The summed E-state index contributed by atoms with van der Waals surface area (Å²) in [6.45, 7) is 0. The van der Waals surface area contributed by atoms with Crippen molar-refractivity contribution in [1.82, 2.24) is 5.32 Å². The number of amides is 1. The first-order valence-electron chi connectivity index (χ1n) is 5.21. The van der Waals surface area contributed by atoms with Crippen molar-refractivity contribution < 1.29 is 14.7 Å². The van der Waals surface area contributed by atoms with Crippen LogP contribution in [0.3, 0.4) is 0 Å². The highest BCUT2D eigenvalue weighted by atomic mass is 16.4. The topological polar surface area (TPSA) is 66.4 Å². The van der Waals surface area contributed by atoms with Gasteiger partial charge in [0.1, 0.15) is 0 Å². The summed E-state index contributed by atoms with van der Waals surface area (Å²) in [5, 5.41) is 11.6. The first-order chi connectivity index (χ1) is 6.68. The summed E-state index contributed by atoms with van der Waals surface area (Å²) >= 11 is 0. The summed E-state index contributed by atoms with van der Waals surface area (Å²) in [5.74, 6) is -1.56. The molecule has 14 heavy (non-hydrogen) atoms. The van der Waals surface area contributed by atoms with Crippen molar-refractivity contribution in [1.29, 1.82) is 0 Å². The second-order valence-corrected chi connectivity index (χ2v) is 4.28. The Bertz CT molecular complexity index is 258. The molecule has 2 aliphatic carbocycles. The van der Waals surface area contributed by atoms with Gasteiger partial charge in [-0.15, -0.1) is 0 Å². The molecule has 2 fully saturated rings. The molecule has 0 aromatic carbocycles. The molecule has 2 rings (SSSR count). The molecule has 0 radical (unpaired) electrons. The van der Waals surface area contributed by atoms with Crippen molar-refractivity contribution in [3.05, 3.63) is 0 Å². The molecule has 0 spiro atoms. The Morgan fingerprint density at radius 3 is 2.29 bits per heavy atom. The van der Waals surface area contributed by atoms with E-state index in [1.807, 2.05) is 0 Å². The van der Waals surface area contributed by atoms with E-state index < -0.39 is 11.9 Å². The smallest absolute Gasteiger partial charge is 0.307 e. The molecule has 2 atom stereocenters. The molecule has 4 heteroatoms. The summed E-state index contributed by atoms with van der Waals surface area (Å²) in [6, 6.07) is 0.303. The largest absolute Gasteiger partial charge is 0.481 e. The van der Waals surface area contributed by atoms with Crippen LogP contribution in [-0.4, -0.2) is 23.0 Å². The number of carbonyl (C=O) groups is 2. The van der Waals surface area contributed by atoms with Crippen molar-refractivity contribution >= 4 is 11.9 Å². The summed E-state index contributed by atoms with van der Waals surface area (Å²) in [5.41, 5.74) is 0. The molecule has 2 aliphatic rings. The van der Waals surface area contributed by atoms with Gasteiger partial charge in [0, 0.05) is 6.04 Å². The third-order valence-electron chi connectivity index (χ3n) is 3.15. The zero-order valence-corrected chi connectivity index (χ0v) is 8.03. The summed E-state index contributed by atoms with van der Waals surface area (Å²) in [7, 11) is 0. The fourth-order valence-corrected chi connectivity index (χ4v) is 2.14. The number of aliphatic carboxylic acids is 1.